The van der Waals surface area contributed by atoms with Crippen LogP contribution in [0, 0.1) is 0 Å². The van der Waals surface area contributed by atoms with Gasteiger partial charge in [-0.15, -0.1) is 11.6 Å². The lowest BCUT2D eigenvalue weighted by Crippen LogP contribution is -1.92. The molecule has 66 valence electrons. The highest BCUT2D eigenvalue weighted by molar-refractivity contribution is 7.81. The minimum Gasteiger partial charge on any atom is -0.384 e. The Morgan fingerprint density at radius 2 is 2.27 bits per heavy atom. The van der Waals surface area contributed by atoms with Gasteiger partial charge in [0.05, 0.1) is 0 Å². The zero-order valence-electron chi connectivity index (χ0n) is 5.46. The van der Waals surface area contributed by atoms with E-state index in [0.29, 0.717) is 0 Å². The van der Waals surface area contributed by atoms with E-state index >= 15 is 0 Å². The van der Waals surface area contributed by atoms with E-state index in [0.717, 1.165) is 7.11 Å². The van der Waals surface area contributed by atoms with Gasteiger partial charge in [-0.3, -0.25) is 4.52 Å². The van der Waals surface area contributed by atoms with Crippen molar-refractivity contribution in [1.82, 2.24) is 0 Å². The Balaban J connectivity index is 4.04. The molecule has 0 saturated heterocycles. The van der Waals surface area contributed by atoms with Crippen LogP contribution in [0.3, 0.4) is 0 Å². The van der Waals surface area contributed by atoms with Crippen LogP contribution in [-0.4, -0.2) is 18.5 Å². The van der Waals surface area contributed by atoms with Gasteiger partial charge in [-0.1, -0.05) is 0 Å². The number of hydrogen-bond donors (Lipinski definition) is 0. The molecule has 0 amide bonds. The van der Waals surface area contributed by atoms with Gasteiger partial charge in [-0.2, -0.15) is 0 Å². The Morgan fingerprint density at radius 1 is 1.73 bits per heavy atom. The maximum absolute atomic E-state index is 10.8. The number of hydrogen-bond acceptors (Lipinski definition) is 4. The second-order valence-electron chi connectivity index (χ2n) is 1.24. The Morgan fingerprint density at radius 3 is 2.64 bits per heavy atom. The fourth-order valence-electron chi connectivity index (χ4n) is 0.203. The van der Waals surface area contributed by atoms with E-state index in [1.165, 1.54) is 0 Å². The smallest absolute Gasteiger partial charge is 0.384 e. The lowest BCUT2D eigenvalue weighted by molar-refractivity contribution is 0.339. The molecule has 0 spiro atoms. The van der Waals surface area contributed by atoms with Crippen molar-refractivity contribution in [1.29, 1.82) is 0 Å². The van der Waals surface area contributed by atoms with E-state index < -0.39 is 6.95 Å². The van der Waals surface area contributed by atoms with Gasteiger partial charge in [0.25, 0.3) is 5.36 Å². The van der Waals surface area contributed by atoms with Crippen molar-refractivity contribution in [2.45, 2.75) is 0 Å². The van der Waals surface area contributed by atoms with Gasteiger partial charge in [0.2, 0.25) is 0 Å². The lowest BCUT2D eigenvalue weighted by Gasteiger charge is -2.06. The molecule has 0 rings (SSSR count). The molecule has 1 atom stereocenters. The summed E-state index contributed by atoms with van der Waals surface area (Å²) in [4.78, 5) is 3.35. The van der Waals surface area contributed by atoms with Crippen LogP contribution in [0.1, 0.15) is 0 Å². The number of nitrogens with zero attached hydrogens (tertiary/aromatic N) is 1. The molecule has 0 saturated carbocycles. The molecule has 0 fully saturated rings. The van der Waals surface area contributed by atoms with Crippen LogP contribution in [0.15, 0.2) is 4.99 Å². The summed E-state index contributed by atoms with van der Waals surface area (Å²) in [6.45, 7) is -3.61. The Bertz CT molecular complexity index is 196. The molecule has 8 heteroatoms. The van der Waals surface area contributed by atoms with Crippen LogP contribution in [-0.2, 0) is 13.6 Å². The second kappa shape index (κ2) is 5.22. The van der Waals surface area contributed by atoms with Gasteiger partial charge < -0.3 is 4.52 Å². The molecule has 0 aliphatic heterocycles. The van der Waals surface area contributed by atoms with Crippen molar-refractivity contribution in [2.75, 3.05) is 13.1 Å². The summed E-state index contributed by atoms with van der Waals surface area (Å²) in [6.07, 6.45) is 0. The molecule has 0 aromatic carbocycles. The number of rotatable bonds is 3. The molecule has 0 aromatic rings. The highest BCUT2D eigenvalue weighted by atomic mass is 35.7. The third-order valence-electron chi connectivity index (χ3n) is 0.587. The van der Waals surface area contributed by atoms with Crippen molar-refractivity contribution >= 4 is 46.7 Å². The Hall–Kier alpha value is 0.530. The summed E-state index contributed by atoms with van der Waals surface area (Å²) >= 11 is 15.5. The van der Waals surface area contributed by atoms with E-state index in [9.17, 15) is 4.57 Å². The zero-order valence-corrected chi connectivity index (χ0v) is 8.62. The quantitative estimate of drug-likeness (QED) is 0.250. The topological polar surface area (TPSA) is 47.9 Å². The molecule has 0 aliphatic rings. The van der Waals surface area contributed by atoms with Gasteiger partial charge in [-0.25, -0.2) is 9.56 Å². The minimum absolute atomic E-state index is 0.0978. The SMILES string of the molecule is COP(=O)(Cl)OC(Cl)=NCCl. The van der Waals surface area contributed by atoms with Crippen LogP contribution in [0.2, 0.25) is 0 Å². The average Bonchev–Trinajstić information content (AvgIpc) is 1.87. The Labute approximate surface area is 78.8 Å². The molecule has 0 aliphatic carbocycles. The third kappa shape index (κ3) is 5.76. The second-order valence-corrected chi connectivity index (χ2v) is 4.45. The van der Waals surface area contributed by atoms with E-state index in [4.69, 9.17) is 34.4 Å². The van der Waals surface area contributed by atoms with Gasteiger partial charge in [0, 0.05) is 18.4 Å². The minimum atomic E-state index is -3.61. The van der Waals surface area contributed by atoms with Crippen molar-refractivity contribution in [2.24, 2.45) is 4.99 Å². The first-order valence-corrected chi connectivity index (χ1v) is 5.69. The molecule has 0 radical (unpaired) electrons. The first-order valence-electron chi connectivity index (χ1n) is 2.33. The molecule has 0 N–H and O–H groups in total. The first-order chi connectivity index (χ1) is 5.02. The van der Waals surface area contributed by atoms with Crippen LogP contribution in [0.5, 0.6) is 0 Å². The maximum Gasteiger partial charge on any atom is 0.478 e. The highest BCUT2D eigenvalue weighted by Gasteiger charge is 2.21. The van der Waals surface area contributed by atoms with Gasteiger partial charge >= 0.3 is 6.95 Å². The summed E-state index contributed by atoms with van der Waals surface area (Å²) in [6, 6.07) is -0.0978. The fraction of sp³-hybridized carbons (Fsp3) is 0.667. The van der Waals surface area contributed by atoms with E-state index in [-0.39, 0.29) is 11.4 Å². The van der Waals surface area contributed by atoms with Crippen molar-refractivity contribution in [3.8, 4) is 0 Å². The molecular weight excluding hydrogens is 235 g/mol. The van der Waals surface area contributed by atoms with E-state index in [2.05, 4.69) is 14.0 Å². The molecule has 4 nitrogen and oxygen atoms in total. The summed E-state index contributed by atoms with van der Waals surface area (Å²) < 4.78 is 19.4. The van der Waals surface area contributed by atoms with E-state index in [1.54, 1.807) is 0 Å². The molecule has 0 heterocycles. The monoisotopic (exact) mass is 239 g/mol. The molecule has 1 unspecified atom stereocenters. The predicted octanol–water partition coefficient (Wildman–Crippen LogP) is 2.79. The first kappa shape index (κ1) is 11.5. The molecule has 11 heavy (non-hydrogen) atoms. The summed E-state index contributed by atoms with van der Waals surface area (Å²) in [5.74, 6) is 0. The number of halogens is 3. The molecule has 0 bridgehead atoms. The number of aliphatic imine (C=N–C) groups is 1. The van der Waals surface area contributed by atoms with Crippen molar-refractivity contribution < 1.29 is 13.6 Å². The third-order valence-corrected chi connectivity index (χ3v) is 2.46. The lowest BCUT2D eigenvalue weighted by atomic mass is 11.3. The zero-order chi connectivity index (χ0) is 8.91. The van der Waals surface area contributed by atoms with Crippen LogP contribution in [0.25, 0.3) is 0 Å². The largest absolute Gasteiger partial charge is 0.478 e. The summed E-state index contributed by atoms with van der Waals surface area (Å²) in [5, 5.41) is -0.389. The van der Waals surface area contributed by atoms with Crippen molar-refractivity contribution in [3.63, 3.8) is 0 Å². The molecular formula is C3H5Cl3NO3P. The van der Waals surface area contributed by atoms with E-state index in [1.807, 2.05) is 0 Å². The summed E-state index contributed by atoms with van der Waals surface area (Å²) in [5.41, 5.74) is 0. The standard InChI is InChI=1S/C3H5Cl3NO3P/c1-9-11(6,8)10-3(5)7-2-4/h2H2,1H3. The van der Waals surface area contributed by atoms with Crippen molar-refractivity contribution in [3.05, 3.63) is 0 Å². The number of alkyl halides is 1. The van der Waals surface area contributed by atoms with Crippen LogP contribution < -0.4 is 0 Å². The highest BCUT2D eigenvalue weighted by Crippen LogP contribution is 2.53. The maximum atomic E-state index is 10.8. The van der Waals surface area contributed by atoms with Crippen LogP contribution in [0.4, 0.5) is 0 Å². The Kier molecular flexibility index (Phi) is 5.48. The normalized spacial score (nSPS) is 17.6. The molecule has 0 aromatic heterocycles. The predicted molar refractivity (Wildman–Crippen MR) is 45.6 cm³/mol. The van der Waals surface area contributed by atoms with Gasteiger partial charge in [0.1, 0.15) is 6.00 Å². The van der Waals surface area contributed by atoms with Gasteiger partial charge in [-0.05, 0) is 11.6 Å². The average molecular weight is 240 g/mol. The van der Waals surface area contributed by atoms with Crippen LogP contribution >= 0.6 is 41.4 Å². The van der Waals surface area contributed by atoms with Gasteiger partial charge in [0.15, 0.2) is 0 Å². The fourth-order valence-corrected chi connectivity index (χ4v) is 1.32. The summed E-state index contributed by atoms with van der Waals surface area (Å²) in [7, 11) is 1.12.